The average Bonchev–Trinajstić information content (AvgIpc) is 2.66. The summed E-state index contributed by atoms with van der Waals surface area (Å²) in [7, 11) is 0. The van der Waals surface area contributed by atoms with E-state index in [4.69, 9.17) is 28.4 Å². The Kier molecular flexibility index (Phi) is 15.9. The van der Waals surface area contributed by atoms with Crippen molar-refractivity contribution in [1.29, 1.82) is 0 Å². The summed E-state index contributed by atoms with van der Waals surface area (Å²) in [6.07, 6.45) is -0.517. The maximum Gasteiger partial charge on any atom is 0.407 e. The molecule has 0 aliphatic heterocycles. The minimum absolute atomic E-state index is 0.0257. The lowest BCUT2D eigenvalue weighted by molar-refractivity contribution is -0.156. The van der Waals surface area contributed by atoms with E-state index in [1.807, 2.05) is 0 Å². The van der Waals surface area contributed by atoms with Crippen LogP contribution in [0.4, 0.5) is 4.79 Å². The fourth-order valence-electron chi connectivity index (χ4n) is 2.39. The fourth-order valence-corrected chi connectivity index (χ4v) is 2.39. The van der Waals surface area contributed by atoms with Crippen molar-refractivity contribution < 1.29 is 47.6 Å². The molecule has 0 saturated carbocycles. The summed E-state index contributed by atoms with van der Waals surface area (Å²) in [5.41, 5.74) is -1.19. The average molecular weight is 507 g/mol. The van der Waals surface area contributed by atoms with Crippen LogP contribution in [-0.4, -0.2) is 106 Å². The van der Waals surface area contributed by atoms with Crippen LogP contribution >= 0.6 is 0 Å². The van der Waals surface area contributed by atoms with Crippen LogP contribution in [0.3, 0.4) is 0 Å². The third kappa shape index (κ3) is 23.1. The summed E-state index contributed by atoms with van der Waals surface area (Å²) in [6, 6.07) is 0. The van der Waals surface area contributed by atoms with E-state index in [1.165, 1.54) is 6.92 Å². The van der Waals surface area contributed by atoms with E-state index in [2.05, 4.69) is 5.32 Å². The second kappa shape index (κ2) is 17.1. The van der Waals surface area contributed by atoms with Gasteiger partial charge in [-0.05, 0) is 41.5 Å². The Bertz CT molecular complexity index is 656. The lowest BCUT2D eigenvalue weighted by Gasteiger charge is -2.24. The highest BCUT2D eigenvalue weighted by atomic mass is 16.6. The second-order valence-corrected chi connectivity index (χ2v) is 9.52. The van der Waals surface area contributed by atoms with Crippen molar-refractivity contribution in [2.45, 2.75) is 59.7 Å². The number of rotatable bonds is 16. The van der Waals surface area contributed by atoms with Crippen molar-refractivity contribution in [3.05, 3.63) is 0 Å². The highest BCUT2D eigenvalue weighted by Crippen LogP contribution is 2.08. The van der Waals surface area contributed by atoms with E-state index < -0.39 is 35.2 Å². The first-order valence-corrected chi connectivity index (χ1v) is 11.5. The first kappa shape index (κ1) is 32.6. The lowest BCUT2D eigenvalue weighted by Crippen LogP contribution is -2.39. The number of nitrogens with one attached hydrogen (secondary N) is 1. The quantitative estimate of drug-likeness (QED) is 0.184. The molecular weight excluding hydrogens is 464 g/mol. The van der Waals surface area contributed by atoms with Gasteiger partial charge in [0, 0.05) is 26.6 Å². The van der Waals surface area contributed by atoms with Crippen LogP contribution in [0.5, 0.6) is 0 Å². The minimum Gasteiger partial charge on any atom is -0.465 e. The number of hydrogen-bond acceptors (Lipinski definition) is 11. The van der Waals surface area contributed by atoms with Gasteiger partial charge in [0.05, 0.1) is 26.4 Å². The second-order valence-electron chi connectivity index (χ2n) is 9.52. The molecule has 0 aliphatic carbocycles. The van der Waals surface area contributed by atoms with E-state index in [0.29, 0.717) is 0 Å². The summed E-state index contributed by atoms with van der Waals surface area (Å²) in [4.78, 5) is 48.0. The molecule has 0 fully saturated rings. The molecule has 0 radical (unpaired) electrons. The largest absolute Gasteiger partial charge is 0.465 e. The zero-order chi connectivity index (χ0) is 26.9. The van der Waals surface area contributed by atoms with E-state index in [1.54, 1.807) is 46.4 Å². The molecule has 0 aromatic carbocycles. The van der Waals surface area contributed by atoms with E-state index in [0.717, 1.165) is 0 Å². The van der Waals surface area contributed by atoms with Crippen LogP contribution in [0.1, 0.15) is 48.5 Å². The van der Waals surface area contributed by atoms with Crippen LogP contribution in [0.2, 0.25) is 0 Å². The number of amides is 1. The Morgan fingerprint density at radius 1 is 0.714 bits per heavy atom. The highest BCUT2D eigenvalue weighted by molar-refractivity contribution is 5.72. The molecule has 1 amide bonds. The lowest BCUT2D eigenvalue weighted by atomic mass is 10.2. The van der Waals surface area contributed by atoms with E-state index in [9.17, 15) is 19.2 Å². The number of ether oxygens (including phenoxy) is 6. The van der Waals surface area contributed by atoms with Gasteiger partial charge < -0.3 is 33.7 Å². The maximum atomic E-state index is 12.1. The molecule has 0 bridgehead atoms. The molecule has 0 aromatic heterocycles. The van der Waals surface area contributed by atoms with Gasteiger partial charge in [0.1, 0.15) is 31.0 Å². The maximum absolute atomic E-state index is 12.1. The third-order valence-corrected chi connectivity index (χ3v) is 3.66. The SMILES string of the molecule is CC(=O)OCCN(CCOC(=O)COCCOCCNC(=O)OC(C)(C)C)CC(=O)OC(C)(C)C. The van der Waals surface area contributed by atoms with Gasteiger partial charge >= 0.3 is 24.0 Å². The fraction of sp³-hybridized carbons (Fsp3) is 0.826. The van der Waals surface area contributed by atoms with Crippen molar-refractivity contribution in [3.63, 3.8) is 0 Å². The zero-order valence-electron chi connectivity index (χ0n) is 22.1. The van der Waals surface area contributed by atoms with Gasteiger partial charge in [-0.3, -0.25) is 14.5 Å². The summed E-state index contributed by atoms with van der Waals surface area (Å²) in [5.74, 6) is -1.42. The number of carbonyl (C=O) groups is 4. The normalized spacial score (nSPS) is 11.7. The van der Waals surface area contributed by atoms with Gasteiger partial charge in [-0.15, -0.1) is 0 Å². The summed E-state index contributed by atoms with van der Waals surface area (Å²) >= 11 is 0. The van der Waals surface area contributed by atoms with Crippen molar-refractivity contribution in [2.24, 2.45) is 0 Å². The van der Waals surface area contributed by atoms with Crippen molar-refractivity contribution in [1.82, 2.24) is 10.2 Å². The zero-order valence-corrected chi connectivity index (χ0v) is 22.1. The molecule has 0 atom stereocenters. The Balaban J connectivity index is 4.03. The number of hydrogen-bond donors (Lipinski definition) is 1. The van der Waals surface area contributed by atoms with Crippen LogP contribution in [-0.2, 0) is 42.8 Å². The first-order valence-electron chi connectivity index (χ1n) is 11.5. The molecular formula is C23H42N2O10. The Morgan fingerprint density at radius 2 is 1.29 bits per heavy atom. The number of carbonyl (C=O) groups excluding carboxylic acids is 4. The standard InChI is InChI=1S/C23H42N2O10/c1-18(26)32-12-9-25(16-19(27)34-22(2,3)4)10-13-33-20(28)17-31-15-14-30-11-8-24-21(29)35-23(5,6)7/h8-17H2,1-7H3,(H,24,29). The summed E-state index contributed by atoms with van der Waals surface area (Å²) in [5, 5.41) is 2.56. The Labute approximate surface area is 207 Å². The smallest absolute Gasteiger partial charge is 0.407 e. The molecule has 0 aliphatic rings. The van der Waals surface area contributed by atoms with Gasteiger partial charge in [0.2, 0.25) is 0 Å². The Morgan fingerprint density at radius 3 is 1.86 bits per heavy atom. The Hall–Kier alpha value is -2.44. The van der Waals surface area contributed by atoms with Gasteiger partial charge in [-0.2, -0.15) is 0 Å². The number of nitrogens with zero attached hydrogens (tertiary/aromatic N) is 1. The van der Waals surface area contributed by atoms with Crippen LogP contribution in [0.15, 0.2) is 0 Å². The summed E-state index contributed by atoms with van der Waals surface area (Å²) in [6.45, 7) is 13.3. The molecule has 0 rings (SSSR count). The molecule has 204 valence electrons. The van der Waals surface area contributed by atoms with Crippen molar-refractivity contribution >= 4 is 24.0 Å². The van der Waals surface area contributed by atoms with Gasteiger partial charge in [-0.25, -0.2) is 9.59 Å². The highest BCUT2D eigenvalue weighted by Gasteiger charge is 2.19. The first-order chi connectivity index (χ1) is 16.2. The van der Waals surface area contributed by atoms with E-state index in [-0.39, 0.29) is 65.8 Å². The molecule has 12 heteroatoms. The van der Waals surface area contributed by atoms with Crippen LogP contribution in [0, 0.1) is 0 Å². The van der Waals surface area contributed by atoms with Gasteiger partial charge in [0.25, 0.3) is 0 Å². The number of alkyl carbamates (subject to hydrolysis) is 1. The molecule has 35 heavy (non-hydrogen) atoms. The van der Waals surface area contributed by atoms with Crippen LogP contribution < -0.4 is 5.32 Å². The molecule has 0 unspecified atom stereocenters. The number of esters is 3. The molecule has 1 N–H and O–H groups in total. The van der Waals surface area contributed by atoms with Crippen molar-refractivity contribution in [2.75, 3.05) is 65.8 Å². The van der Waals surface area contributed by atoms with Crippen molar-refractivity contribution in [3.8, 4) is 0 Å². The molecule has 0 heterocycles. The predicted molar refractivity (Wildman–Crippen MR) is 126 cm³/mol. The monoisotopic (exact) mass is 506 g/mol. The van der Waals surface area contributed by atoms with Crippen LogP contribution in [0.25, 0.3) is 0 Å². The molecule has 12 nitrogen and oxygen atoms in total. The molecule has 0 spiro atoms. The third-order valence-electron chi connectivity index (χ3n) is 3.66. The minimum atomic E-state index is -0.624. The van der Waals surface area contributed by atoms with E-state index >= 15 is 0 Å². The predicted octanol–water partition coefficient (Wildman–Crippen LogP) is 1.29. The topological polar surface area (TPSA) is 139 Å². The summed E-state index contributed by atoms with van der Waals surface area (Å²) < 4.78 is 30.9. The van der Waals surface area contributed by atoms with Gasteiger partial charge in [-0.1, -0.05) is 0 Å². The molecule has 0 aromatic rings. The molecule has 0 saturated heterocycles. The van der Waals surface area contributed by atoms with Gasteiger partial charge in [0.15, 0.2) is 0 Å².